The van der Waals surface area contributed by atoms with E-state index in [2.05, 4.69) is 0 Å². The van der Waals surface area contributed by atoms with E-state index in [0.717, 1.165) is 5.56 Å². The Hall–Kier alpha value is -1.67. The lowest BCUT2D eigenvalue weighted by Gasteiger charge is -2.31. The molecule has 0 aliphatic rings. The van der Waals surface area contributed by atoms with Crippen LogP contribution < -0.4 is 0 Å². The summed E-state index contributed by atoms with van der Waals surface area (Å²) in [6.07, 6.45) is -0.745. The zero-order valence-corrected chi connectivity index (χ0v) is 11.5. The summed E-state index contributed by atoms with van der Waals surface area (Å²) in [5.74, 6) is -0.277. The summed E-state index contributed by atoms with van der Waals surface area (Å²) in [6.45, 7) is 5.64. The van der Waals surface area contributed by atoms with Crippen LogP contribution in [-0.2, 0) is 5.41 Å². The molecule has 0 fully saturated rings. The number of rotatable bonds is 3. The lowest BCUT2D eigenvalue weighted by atomic mass is 9.76. The van der Waals surface area contributed by atoms with Crippen molar-refractivity contribution in [2.24, 2.45) is 0 Å². The molecule has 0 radical (unpaired) electrons. The van der Waals surface area contributed by atoms with Gasteiger partial charge in [0.25, 0.3) is 0 Å². The van der Waals surface area contributed by atoms with Gasteiger partial charge >= 0.3 is 0 Å². The van der Waals surface area contributed by atoms with Crippen LogP contribution in [0.15, 0.2) is 48.5 Å². The number of hydrogen-bond donors (Lipinski definition) is 1. The predicted octanol–water partition coefficient (Wildman–Crippen LogP) is 4.15. The van der Waals surface area contributed by atoms with Gasteiger partial charge < -0.3 is 5.11 Å². The number of benzene rings is 2. The minimum absolute atomic E-state index is 0.277. The molecular formula is C17H19FO. The number of halogens is 1. The normalized spacial score (nSPS) is 13.3. The Morgan fingerprint density at radius 3 is 2.26 bits per heavy atom. The Bertz CT molecular complexity index is 561. The van der Waals surface area contributed by atoms with Gasteiger partial charge in [-0.3, -0.25) is 0 Å². The molecule has 0 saturated heterocycles. The maximum Gasteiger partial charge on any atom is 0.126 e. The number of aryl methyl sites for hydroxylation is 1. The van der Waals surface area contributed by atoms with Crippen LogP contribution in [0.5, 0.6) is 0 Å². The van der Waals surface area contributed by atoms with Gasteiger partial charge in [0, 0.05) is 5.41 Å². The Morgan fingerprint density at radius 2 is 1.68 bits per heavy atom. The van der Waals surface area contributed by atoms with Crippen molar-refractivity contribution in [3.05, 3.63) is 71.0 Å². The van der Waals surface area contributed by atoms with Crippen LogP contribution >= 0.6 is 0 Å². The van der Waals surface area contributed by atoms with Gasteiger partial charge in [0.15, 0.2) is 0 Å². The standard InChI is InChI=1S/C17H19FO/c1-12-9-10-13(11-15(12)18)16(19)17(2,3)14-7-5-4-6-8-14/h4-11,16,19H,1-3H3. The second kappa shape index (κ2) is 5.14. The average Bonchev–Trinajstić information content (AvgIpc) is 2.42. The molecule has 19 heavy (non-hydrogen) atoms. The van der Waals surface area contributed by atoms with Gasteiger partial charge in [0.2, 0.25) is 0 Å². The third-order valence-corrected chi connectivity index (χ3v) is 3.71. The summed E-state index contributed by atoms with van der Waals surface area (Å²) < 4.78 is 13.6. The number of aliphatic hydroxyl groups is 1. The topological polar surface area (TPSA) is 20.2 Å². The van der Waals surface area contributed by atoms with Crippen molar-refractivity contribution in [3.8, 4) is 0 Å². The summed E-state index contributed by atoms with van der Waals surface area (Å²) in [5.41, 5.74) is 1.76. The summed E-state index contributed by atoms with van der Waals surface area (Å²) in [7, 11) is 0. The first kappa shape index (κ1) is 13.8. The Morgan fingerprint density at radius 1 is 1.05 bits per heavy atom. The monoisotopic (exact) mass is 258 g/mol. The smallest absolute Gasteiger partial charge is 0.126 e. The SMILES string of the molecule is Cc1ccc(C(O)C(C)(C)c2ccccc2)cc1F. The lowest BCUT2D eigenvalue weighted by molar-refractivity contribution is 0.0999. The third-order valence-electron chi connectivity index (χ3n) is 3.71. The van der Waals surface area contributed by atoms with Gasteiger partial charge in [-0.25, -0.2) is 4.39 Å². The van der Waals surface area contributed by atoms with Crippen molar-refractivity contribution < 1.29 is 9.50 Å². The Balaban J connectivity index is 2.37. The van der Waals surface area contributed by atoms with E-state index in [1.54, 1.807) is 19.1 Å². The molecule has 1 N–H and O–H groups in total. The van der Waals surface area contributed by atoms with Crippen LogP contribution in [0.1, 0.15) is 36.6 Å². The van der Waals surface area contributed by atoms with E-state index >= 15 is 0 Å². The third kappa shape index (κ3) is 2.69. The molecule has 0 amide bonds. The van der Waals surface area contributed by atoms with E-state index in [0.29, 0.717) is 11.1 Å². The van der Waals surface area contributed by atoms with Crippen molar-refractivity contribution in [1.29, 1.82) is 0 Å². The summed E-state index contributed by atoms with van der Waals surface area (Å²) in [5, 5.41) is 10.6. The minimum atomic E-state index is -0.745. The van der Waals surface area contributed by atoms with E-state index in [1.807, 2.05) is 44.2 Å². The van der Waals surface area contributed by atoms with Crippen molar-refractivity contribution >= 4 is 0 Å². The van der Waals surface area contributed by atoms with Crippen molar-refractivity contribution in [2.45, 2.75) is 32.3 Å². The van der Waals surface area contributed by atoms with E-state index in [9.17, 15) is 9.50 Å². The maximum atomic E-state index is 13.6. The largest absolute Gasteiger partial charge is 0.388 e. The zero-order chi connectivity index (χ0) is 14.0. The molecule has 0 aliphatic carbocycles. The van der Waals surface area contributed by atoms with Gasteiger partial charge in [0.1, 0.15) is 5.82 Å². The van der Waals surface area contributed by atoms with Crippen molar-refractivity contribution in [2.75, 3.05) is 0 Å². The molecule has 1 atom stereocenters. The fourth-order valence-corrected chi connectivity index (χ4v) is 2.22. The van der Waals surface area contributed by atoms with Crippen LogP contribution in [0.25, 0.3) is 0 Å². The first-order chi connectivity index (χ1) is 8.93. The van der Waals surface area contributed by atoms with Crippen LogP contribution in [0.4, 0.5) is 4.39 Å². The molecule has 2 aromatic rings. The van der Waals surface area contributed by atoms with Gasteiger partial charge in [-0.1, -0.05) is 56.3 Å². The second-order valence-corrected chi connectivity index (χ2v) is 5.50. The fraction of sp³-hybridized carbons (Fsp3) is 0.294. The molecule has 0 bridgehead atoms. The first-order valence-electron chi connectivity index (χ1n) is 6.42. The van der Waals surface area contributed by atoms with Gasteiger partial charge in [-0.2, -0.15) is 0 Å². The molecule has 2 heteroatoms. The molecule has 1 nitrogen and oxygen atoms in total. The summed E-state index contributed by atoms with van der Waals surface area (Å²) in [6, 6.07) is 14.7. The van der Waals surface area contributed by atoms with Crippen LogP contribution in [0, 0.1) is 12.7 Å². The Labute approximate surface area is 113 Å². The summed E-state index contributed by atoms with van der Waals surface area (Å²) >= 11 is 0. The van der Waals surface area contributed by atoms with E-state index in [4.69, 9.17) is 0 Å². The molecule has 2 aromatic carbocycles. The highest BCUT2D eigenvalue weighted by molar-refractivity contribution is 5.32. The first-order valence-corrected chi connectivity index (χ1v) is 6.42. The molecule has 1 unspecified atom stereocenters. The lowest BCUT2D eigenvalue weighted by Crippen LogP contribution is -2.26. The molecule has 100 valence electrons. The fourth-order valence-electron chi connectivity index (χ4n) is 2.22. The van der Waals surface area contributed by atoms with E-state index in [-0.39, 0.29) is 5.82 Å². The van der Waals surface area contributed by atoms with Gasteiger partial charge in [-0.05, 0) is 29.7 Å². The van der Waals surface area contributed by atoms with E-state index < -0.39 is 11.5 Å². The molecule has 0 spiro atoms. The molecule has 0 heterocycles. The van der Waals surface area contributed by atoms with Crippen LogP contribution in [0.3, 0.4) is 0 Å². The second-order valence-electron chi connectivity index (χ2n) is 5.50. The average molecular weight is 258 g/mol. The molecule has 0 aliphatic heterocycles. The quantitative estimate of drug-likeness (QED) is 0.877. The number of hydrogen-bond acceptors (Lipinski definition) is 1. The van der Waals surface area contributed by atoms with Gasteiger partial charge in [-0.15, -0.1) is 0 Å². The highest BCUT2D eigenvalue weighted by Crippen LogP contribution is 2.36. The zero-order valence-electron chi connectivity index (χ0n) is 11.5. The van der Waals surface area contributed by atoms with E-state index in [1.165, 1.54) is 6.07 Å². The number of aliphatic hydroxyl groups excluding tert-OH is 1. The van der Waals surface area contributed by atoms with Crippen LogP contribution in [0.2, 0.25) is 0 Å². The van der Waals surface area contributed by atoms with Crippen molar-refractivity contribution in [1.82, 2.24) is 0 Å². The highest BCUT2D eigenvalue weighted by Gasteiger charge is 2.31. The summed E-state index contributed by atoms with van der Waals surface area (Å²) in [4.78, 5) is 0. The van der Waals surface area contributed by atoms with Crippen molar-refractivity contribution in [3.63, 3.8) is 0 Å². The molecule has 0 saturated carbocycles. The minimum Gasteiger partial charge on any atom is -0.388 e. The molecular weight excluding hydrogens is 239 g/mol. The maximum absolute atomic E-state index is 13.6. The predicted molar refractivity (Wildman–Crippen MR) is 75.6 cm³/mol. The van der Waals surface area contributed by atoms with Crippen LogP contribution in [-0.4, -0.2) is 5.11 Å². The molecule has 2 rings (SSSR count). The van der Waals surface area contributed by atoms with Gasteiger partial charge in [0.05, 0.1) is 6.10 Å². The highest BCUT2D eigenvalue weighted by atomic mass is 19.1. The Kier molecular flexibility index (Phi) is 3.72. The molecule has 0 aromatic heterocycles.